The van der Waals surface area contributed by atoms with Gasteiger partial charge in [-0.1, -0.05) is 23.7 Å². The summed E-state index contributed by atoms with van der Waals surface area (Å²) in [5.41, 5.74) is 1.59. The first kappa shape index (κ1) is 20.6. The third-order valence-corrected chi connectivity index (χ3v) is 4.22. The van der Waals surface area contributed by atoms with Crippen LogP contribution in [0.25, 0.3) is 0 Å². The molecule has 0 heterocycles. The fourth-order valence-corrected chi connectivity index (χ4v) is 2.83. The van der Waals surface area contributed by atoms with Gasteiger partial charge in [0.05, 0.1) is 14.2 Å². The monoisotopic (exact) mass is 390 g/mol. The van der Waals surface area contributed by atoms with Gasteiger partial charge in [0.15, 0.2) is 11.5 Å². The van der Waals surface area contributed by atoms with Crippen molar-refractivity contribution in [1.29, 1.82) is 0 Å². The van der Waals surface area contributed by atoms with E-state index in [1.54, 1.807) is 24.3 Å². The molecule has 2 amide bonds. The lowest BCUT2D eigenvalue weighted by Crippen LogP contribution is -2.40. The Hall–Kier alpha value is -2.73. The number of nitrogens with zero attached hydrogens (tertiary/aromatic N) is 1. The van der Waals surface area contributed by atoms with Gasteiger partial charge in [-0.25, -0.2) is 0 Å². The second kappa shape index (κ2) is 9.83. The lowest BCUT2D eigenvalue weighted by Gasteiger charge is -2.22. The highest BCUT2D eigenvalue weighted by molar-refractivity contribution is 6.30. The molecule has 2 aromatic carbocycles. The number of methoxy groups -OCH3 is 2. The van der Waals surface area contributed by atoms with Gasteiger partial charge in [-0.3, -0.25) is 9.59 Å². The summed E-state index contributed by atoms with van der Waals surface area (Å²) in [6, 6.07) is 12.6. The number of benzene rings is 2. The van der Waals surface area contributed by atoms with Crippen molar-refractivity contribution in [2.45, 2.75) is 13.3 Å². The zero-order valence-corrected chi connectivity index (χ0v) is 16.4. The normalized spacial score (nSPS) is 10.2. The predicted octanol–water partition coefficient (Wildman–Crippen LogP) is 3.07. The maximum Gasteiger partial charge on any atom is 0.240 e. The van der Waals surface area contributed by atoms with Gasteiger partial charge >= 0.3 is 0 Å². The molecular formula is C20H23ClN2O4. The van der Waals surface area contributed by atoms with E-state index in [4.69, 9.17) is 21.1 Å². The lowest BCUT2D eigenvalue weighted by atomic mass is 10.1. The van der Waals surface area contributed by atoms with Gasteiger partial charge in [0, 0.05) is 30.2 Å². The maximum absolute atomic E-state index is 12.3. The van der Waals surface area contributed by atoms with Crippen LogP contribution in [0, 0.1) is 0 Å². The molecule has 0 aliphatic rings. The molecule has 0 aliphatic carbocycles. The van der Waals surface area contributed by atoms with Gasteiger partial charge in [0.2, 0.25) is 11.8 Å². The van der Waals surface area contributed by atoms with Crippen LogP contribution in [0.4, 0.5) is 5.69 Å². The molecule has 0 saturated heterocycles. The van der Waals surface area contributed by atoms with E-state index in [0.717, 1.165) is 5.56 Å². The summed E-state index contributed by atoms with van der Waals surface area (Å²) >= 11 is 5.95. The van der Waals surface area contributed by atoms with Crippen molar-refractivity contribution < 1.29 is 19.1 Å². The Balaban J connectivity index is 1.99. The van der Waals surface area contributed by atoms with Crippen LogP contribution < -0.4 is 19.7 Å². The van der Waals surface area contributed by atoms with Crippen molar-refractivity contribution in [3.63, 3.8) is 0 Å². The summed E-state index contributed by atoms with van der Waals surface area (Å²) in [6.45, 7) is 1.78. The van der Waals surface area contributed by atoms with Gasteiger partial charge in [-0.2, -0.15) is 0 Å². The van der Waals surface area contributed by atoms with Crippen molar-refractivity contribution in [3.8, 4) is 11.5 Å². The predicted molar refractivity (Wildman–Crippen MR) is 106 cm³/mol. The van der Waals surface area contributed by atoms with Gasteiger partial charge in [-0.05, 0) is 36.2 Å². The number of anilines is 1. The van der Waals surface area contributed by atoms with Crippen molar-refractivity contribution in [1.82, 2.24) is 5.32 Å². The average Bonchev–Trinajstić information content (AvgIpc) is 2.65. The Kier molecular flexibility index (Phi) is 7.49. The fraction of sp³-hybridized carbons (Fsp3) is 0.300. The molecule has 0 unspecified atom stereocenters. The second-order valence-corrected chi connectivity index (χ2v) is 6.31. The Labute approximate surface area is 164 Å². The SMILES string of the molecule is COc1ccc(N(CC(=O)NCCc2cccc(Cl)c2)C(C)=O)cc1OC. The molecule has 6 nitrogen and oxygen atoms in total. The van der Waals surface area contributed by atoms with E-state index < -0.39 is 0 Å². The highest BCUT2D eigenvalue weighted by Crippen LogP contribution is 2.31. The highest BCUT2D eigenvalue weighted by Gasteiger charge is 2.17. The summed E-state index contributed by atoms with van der Waals surface area (Å²) in [7, 11) is 3.05. The molecule has 0 fully saturated rings. The number of carbonyl (C=O) groups is 2. The van der Waals surface area contributed by atoms with Crippen LogP contribution in [0.2, 0.25) is 5.02 Å². The van der Waals surface area contributed by atoms with Crippen molar-refractivity contribution in [2.24, 2.45) is 0 Å². The van der Waals surface area contributed by atoms with Crippen LogP contribution in [-0.2, 0) is 16.0 Å². The van der Waals surface area contributed by atoms with Crippen LogP contribution in [-0.4, -0.2) is 39.1 Å². The zero-order chi connectivity index (χ0) is 19.8. The van der Waals surface area contributed by atoms with Crippen LogP contribution in [0.15, 0.2) is 42.5 Å². The first-order valence-corrected chi connectivity index (χ1v) is 8.83. The van der Waals surface area contributed by atoms with Gasteiger partial charge in [0.1, 0.15) is 6.54 Å². The third-order valence-electron chi connectivity index (χ3n) is 3.99. The summed E-state index contributed by atoms with van der Waals surface area (Å²) in [5.74, 6) is 0.549. The Morgan fingerprint density at radius 3 is 2.44 bits per heavy atom. The number of rotatable bonds is 8. The molecule has 0 bridgehead atoms. The van der Waals surface area contributed by atoms with E-state index in [0.29, 0.717) is 35.2 Å². The molecule has 144 valence electrons. The fourth-order valence-electron chi connectivity index (χ4n) is 2.62. The molecule has 0 spiro atoms. The second-order valence-electron chi connectivity index (χ2n) is 5.87. The molecule has 2 aromatic rings. The largest absolute Gasteiger partial charge is 0.493 e. The maximum atomic E-state index is 12.3. The van der Waals surface area contributed by atoms with Crippen molar-refractivity contribution in [2.75, 3.05) is 32.2 Å². The molecule has 7 heteroatoms. The van der Waals surface area contributed by atoms with Gasteiger partial charge in [-0.15, -0.1) is 0 Å². The van der Waals surface area contributed by atoms with Gasteiger partial charge in [0.25, 0.3) is 0 Å². The average molecular weight is 391 g/mol. The summed E-state index contributed by atoms with van der Waals surface area (Å²) in [4.78, 5) is 25.7. The minimum atomic E-state index is -0.248. The summed E-state index contributed by atoms with van der Waals surface area (Å²) < 4.78 is 10.5. The van der Waals surface area contributed by atoms with Crippen LogP contribution in [0.3, 0.4) is 0 Å². The van der Waals surface area contributed by atoms with Gasteiger partial charge < -0.3 is 19.7 Å². The topological polar surface area (TPSA) is 67.9 Å². The van der Waals surface area contributed by atoms with E-state index in [-0.39, 0.29) is 18.4 Å². The molecule has 0 saturated carbocycles. The van der Waals surface area contributed by atoms with Crippen molar-refractivity contribution in [3.05, 3.63) is 53.1 Å². The van der Waals surface area contributed by atoms with E-state index >= 15 is 0 Å². The summed E-state index contributed by atoms with van der Waals surface area (Å²) in [6.07, 6.45) is 0.655. The first-order chi connectivity index (χ1) is 12.9. The molecule has 0 aliphatic heterocycles. The number of carbonyl (C=O) groups excluding carboxylic acids is 2. The third kappa shape index (κ3) is 5.89. The van der Waals surface area contributed by atoms with Crippen LogP contribution in [0.5, 0.6) is 11.5 Å². The van der Waals surface area contributed by atoms with Crippen LogP contribution in [0.1, 0.15) is 12.5 Å². The molecule has 27 heavy (non-hydrogen) atoms. The van der Waals surface area contributed by atoms with E-state index in [1.165, 1.54) is 26.0 Å². The number of halogens is 1. The molecule has 2 rings (SSSR count). The Morgan fingerprint density at radius 1 is 1.07 bits per heavy atom. The minimum absolute atomic E-state index is 0.0830. The first-order valence-electron chi connectivity index (χ1n) is 8.46. The molecule has 0 radical (unpaired) electrons. The number of amides is 2. The number of hydrogen-bond acceptors (Lipinski definition) is 4. The van der Waals surface area contributed by atoms with E-state index in [2.05, 4.69) is 5.32 Å². The standard InChI is InChI=1S/C20H23ClN2O4/c1-14(24)23(17-7-8-18(26-2)19(12-17)27-3)13-20(25)22-10-9-15-5-4-6-16(21)11-15/h4-8,11-12H,9-10,13H2,1-3H3,(H,22,25). The number of nitrogens with one attached hydrogen (secondary N) is 1. The highest BCUT2D eigenvalue weighted by atomic mass is 35.5. The Morgan fingerprint density at radius 2 is 1.81 bits per heavy atom. The van der Waals surface area contributed by atoms with E-state index in [1.807, 2.05) is 18.2 Å². The lowest BCUT2D eigenvalue weighted by molar-refractivity contribution is -0.123. The molecule has 0 atom stereocenters. The molecular weight excluding hydrogens is 368 g/mol. The number of hydrogen-bond donors (Lipinski definition) is 1. The molecule has 1 N–H and O–H groups in total. The van der Waals surface area contributed by atoms with E-state index in [9.17, 15) is 9.59 Å². The smallest absolute Gasteiger partial charge is 0.240 e. The summed E-state index contributed by atoms with van der Waals surface area (Å²) in [5, 5.41) is 3.49. The quantitative estimate of drug-likeness (QED) is 0.752. The zero-order valence-electron chi connectivity index (χ0n) is 15.6. The molecule has 0 aromatic heterocycles. The Bertz CT molecular complexity index is 810. The van der Waals surface area contributed by atoms with Crippen LogP contribution >= 0.6 is 11.6 Å². The van der Waals surface area contributed by atoms with Crippen molar-refractivity contribution >= 4 is 29.1 Å². The minimum Gasteiger partial charge on any atom is -0.493 e. The number of ether oxygens (including phenoxy) is 2.